The SMILES string of the molecule is CC1(C)O[C@@H]2[C@H](O1)[C@@H](CO)O[C@H]2n1c(=O)sc2c(O)nc(N)nc21. The zero-order chi connectivity index (χ0) is 17.2. The summed E-state index contributed by atoms with van der Waals surface area (Å²) < 4.78 is 18.9. The van der Waals surface area contributed by atoms with Gasteiger partial charge in [0.1, 0.15) is 23.0 Å². The van der Waals surface area contributed by atoms with Crippen molar-refractivity contribution in [2.45, 2.75) is 44.2 Å². The molecule has 4 rings (SSSR count). The van der Waals surface area contributed by atoms with E-state index in [0.717, 1.165) is 11.3 Å². The lowest BCUT2D eigenvalue weighted by Crippen LogP contribution is -2.32. The average Bonchev–Trinajstić information content (AvgIpc) is 3.07. The molecule has 24 heavy (non-hydrogen) atoms. The van der Waals surface area contributed by atoms with Gasteiger partial charge in [0.25, 0.3) is 0 Å². The molecule has 2 aliphatic rings. The van der Waals surface area contributed by atoms with Gasteiger partial charge < -0.3 is 30.2 Å². The van der Waals surface area contributed by atoms with Crippen LogP contribution in [0, 0.1) is 0 Å². The van der Waals surface area contributed by atoms with Crippen LogP contribution in [0.5, 0.6) is 5.88 Å². The van der Waals surface area contributed by atoms with Gasteiger partial charge in [-0.05, 0) is 13.8 Å². The highest BCUT2D eigenvalue weighted by Crippen LogP contribution is 2.43. The molecule has 4 N–H and O–H groups in total. The number of thiazole rings is 1. The Labute approximate surface area is 139 Å². The number of nitrogens with two attached hydrogens (primary N) is 1. The van der Waals surface area contributed by atoms with Crippen LogP contribution in [0.2, 0.25) is 0 Å². The largest absolute Gasteiger partial charge is 0.492 e. The summed E-state index contributed by atoms with van der Waals surface area (Å²) in [5, 5.41) is 19.4. The van der Waals surface area contributed by atoms with Crippen molar-refractivity contribution < 1.29 is 24.4 Å². The summed E-state index contributed by atoms with van der Waals surface area (Å²) in [6.45, 7) is 3.21. The average molecular weight is 356 g/mol. The number of aliphatic hydroxyl groups excluding tert-OH is 1. The van der Waals surface area contributed by atoms with Gasteiger partial charge in [-0.15, -0.1) is 0 Å². The van der Waals surface area contributed by atoms with Crippen LogP contribution in [0.1, 0.15) is 20.1 Å². The second kappa shape index (κ2) is 5.10. The predicted octanol–water partition coefficient (Wildman–Crippen LogP) is -0.449. The molecule has 0 bridgehead atoms. The van der Waals surface area contributed by atoms with Crippen LogP contribution < -0.4 is 10.6 Å². The molecule has 0 unspecified atom stereocenters. The van der Waals surface area contributed by atoms with E-state index in [-0.39, 0.29) is 28.8 Å². The number of nitrogen functional groups attached to an aromatic ring is 1. The third kappa shape index (κ3) is 2.20. The first-order chi connectivity index (χ1) is 11.3. The molecule has 2 saturated heterocycles. The minimum Gasteiger partial charge on any atom is -0.492 e. The van der Waals surface area contributed by atoms with Crippen LogP contribution in [-0.4, -0.2) is 55.5 Å². The molecule has 10 nitrogen and oxygen atoms in total. The Bertz CT molecular complexity index is 864. The summed E-state index contributed by atoms with van der Waals surface area (Å²) in [6.07, 6.45) is -2.63. The van der Waals surface area contributed by atoms with E-state index in [1.165, 1.54) is 4.57 Å². The maximum Gasteiger partial charge on any atom is 0.311 e. The monoisotopic (exact) mass is 356 g/mol. The molecule has 0 radical (unpaired) electrons. The number of aromatic nitrogens is 3. The predicted molar refractivity (Wildman–Crippen MR) is 82.6 cm³/mol. The number of nitrogens with zero attached hydrogens (tertiary/aromatic N) is 3. The van der Waals surface area contributed by atoms with E-state index in [9.17, 15) is 15.0 Å². The zero-order valence-electron chi connectivity index (χ0n) is 12.9. The topological polar surface area (TPSA) is 142 Å². The Hall–Kier alpha value is -1.79. The molecule has 2 aromatic rings. The first kappa shape index (κ1) is 15.7. The van der Waals surface area contributed by atoms with Gasteiger partial charge in [0.2, 0.25) is 11.8 Å². The fraction of sp³-hybridized carbons (Fsp3) is 0.615. The van der Waals surface area contributed by atoms with Crippen LogP contribution in [0.3, 0.4) is 0 Å². The van der Waals surface area contributed by atoms with E-state index in [0.29, 0.717) is 0 Å². The molecule has 0 spiro atoms. The number of ether oxygens (including phenoxy) is 3. The van der Waals surface area contributed by atoms with Crippen molar-refractivity contribution in [3.63, 3.8) is 0 Å². The van der Waals surface area contributed by atoms with Gasteiger partial charge in [-0.3, -0.25) is 9.36 Å². The molecule has 2 aromatic heterocycles. The number of fused-ring (bicyclic) bond motifs is 2. The van der Waals surface area contributed by atoms with E-state index in [2.05, 4.69) is 9.97 Å². The minimum atomic E-state index is -0.865. The third-order valence-corrected chi connectivity index (χ3v) is 4.96. The van der Waals surface area contributed by atoms with Crippen molar-refractivity contribution in [1.82, 2.24) is 14.5 Å². The maximum atomic E-state index is 12.5. The number of aromatic hydroxyl groups is 1. The maximum absolute atomic E-state index is 12.5. The van der Waals surface area contributed by atoms with Gasteiger partial charge in [-0.25, -0.2) is 0 Å². The van der Waals surface area contributed by atoms with Crippen LogP contribution in [0.15, 0.2) is 4.79 Å². The lowest BCUT2D eigenvalue weighted by Gasteiger charge is -2.23. The number of aliphatic hydroxyl groups is 1. The summed E-state index contributed by atoms with van der Waals surface area (Å²) >= 11 is 0.782. The van der Waals surface area contributed by atoms with E-state index in [1.807, 2.05) is 0 Å². The molecule has 130 valence electrons. The highest BCUT2D eigenvalue weighted by molar-refractivity contribution is 7.16. The molecular weight excluding hydrogens is 340 g/mol. The Morgan fingerprint density at radius 3 is 2.75 bits per heavy atom. The summed E-state index contributed by atoms with van der Waals surface area (Å²) in [6, 6.07) is 0. The van der Waals surface area contributed by atoms with Gasteiger partial charge in [0, 0.05) is 0 Å². The van der Waals surface area contributed by atoms with Gasteiger partial charge in [-0.1, -0.05) is 11.3 Å². The highest BCUT2D eigenvalue weighted by Gasteiger charge is 2.56. The minimum absolute atomic E-state index is 0.158. The fourth-order valence-electron chi connectivity index (χ4n) is 3.16. The van der Waals surface area contributed by atoms with Gasteiger partial charge >= 0.3 is 4.87 Å². The van der Waals surface area contributed by atoms with E-state index in [1.54, 1.807) is 13.8 Å². The molecule has 0 aromatic carbocycles. The van der Waals surface area contributed by atoms with Crippen molar-refractivity contribution in [1.29, 1.82) is 0 Å². The van der Waals surface area contributed by atoms with Crippen molar-refractivity contribution in [3.05, 3.63) is 9.67 Å². The van der Waals surface area contributed by atoms with Crippen LogP contribution in [0.4, 0.5) is 5.95 Å². The van der Waals surface area contributed by atoms with Crippen molar-refractivity contribution in [3.8, 4) is 5.88 Å². The molecule has 0 aliphatic carbocycles. The summed E-state index contributed by atoms with van der Waals surface area (Å²) in [4.78, 5) is 19.7. The molecule has 2 aliphatic heterocycles. The molecule has 4 atom stereocenters. The molecule has 2 fully saturated rings. The van der Waals surface area contributed by atoms with Crippen molar-refractivity contribution in [2.24, 2.45) is 0 Å². The van der Waals surface area contributed by atoms with Gasteiger partial charge in [0.05, 0.1) is 6.61 Å². The Kier molecular flexibility index (Phi) is 3.34. The number of hydrogen-bond acceptors (Lipinski definition) is 10. The summed E-state index contributed by atoms with van der Waals surface area (Å²) in [7, 11) is 0. The quantitative estimate of drug-likeness (QED) is 0.652. The first-order valence-corrected chi connectivity index (χ1v) is 8.12. The number of rotatable bonds is 2. The second-order valence-electron chi connectivity index (χ2n) is 6.11. The second-order valence-corrected chi connectivity index (χ2v) is 7.07. The molecular formula is C13H16N4O6S. The Morgan fingerprint density at radius 1 is 1.33 bits per heavy atom. The Balaban J connectivity index is 1.86. The summed E-state index contributed by atoms with van der Waals surface area (Å²) in [5.74, 6) is -1.39. The molecule has 0 saturated carbocycles. The van der Waals surface area contributed by atoms with Crippen molar-refractivity contribution >= 4 is 27.6 Å². The van der Waals surface area contributed by atoms with Gasteiger partial charge in [-0.2, -0.15) is 9.97 Å². The molecule has 4 heterocycles. The smallest absolute Gasteiger partial charge is 0.311 e. The van der Waals surface area contributed by atoms with Gasteiger partial charge in [0.15, 0.2) is 17.7 Å². The summed E-state index contributed by atoms with van der Waals surface area (Å²) in [5.41, 5.74) is 5.73. The van der Waals surface area contributed by atoms with Crippen molar-refractivity contribution in [2.75, 3.05) is 12.3 Å². The molecule has 11 heteroatoms. The van der Waals surface area contributed by atoms with Crippen LogP contribution >= 0.6 is 11.3 Å². The van der Waals surface area contributed by atoms with Crippen LogP contribution in [-0.2, 0) is 14.2 Å². The lowest BCUT2D eigenvalue weighted by molar-refractivity contribution is -0.199. The first-order valence-electron chi connectivity index (χ1n) is 7.30. The molecule has 0 amide bonds. The third-order valence-electron chi connectivity index (χ3n) is 4.02. The normalized spacial score (nSPS) is 31.6. The fourth-order valence-corrected chi connectivity index (χ4v) is 3.99. The Morgan fingerprint density at radius 2 is 2.04 bits per heavy atom. The lowest BCUT2D eigenvalue weighted by atomic mass is 10.1. The standard InChI is InChI=1S/C13H16N4O6S/c1-13(2)22-5-4(3-18)21-10(6(5)23-13)17-8-7(24-12(17)20)9(19)16-11(14)15-8/h4-6,10,18H,3H2,1-2H3,(H3,14,15,16,19)/t4-,5-,6-,10-/m1/s1. The zero-order valence-corrected chi connectivity index (χ0v) is 13.7. The number of anilines is 1. The van der Waals surface area contributed by atoms with Crippen LogP contribution in [0.25, 0.3) is 10.3 Å². The van der Waals surface area contributed by atoms with E-state index < -0.39 is 35.2 Å². The number of hydrogen-bond donors (Lipinski definition) is 3. The van der Waals surface area contributed by atoms with E-state index >= 15 is 0 Å². The van der Waals surface area contributed by atoms with E-state index in [4.69, 9.17) is 19.9 Å². The highest BCUT2D eigenvalue weighted by atomic mass is 32.1.